The minimum absolute atomic E-state index is 0.0805. The van der Waals surface area contributed by atoms with Gasteiger partial charge in [0.15, 0.2) is 11.2 Å². The SMILES string of the molecule is O=C(CCC(F)(F)C(F)(F)C(F)(F)C(F)(F)F)SCC(O)C(=O)O. The molecule has 0 aliphatic heterocycles. The van der Waals surface area contributed by atoms with E-state index < -0.39 is 59.7 Å². The van der Waals surface area contributed by atoms with E-state index in [1.165, 1.54) is 0 Å². The molecule has 4 nitrogen and oxygen atoms in total. The van der Waals surface area contributed by atoms with Gasteiger partial charge in [-0.3, -0.25) is 4.79 Å². The monoisotopic (exact) mass is 396 g/mol. The molecule has 0 aromatic rings. The number of carbonyl (C=O) groups is 2. The Morgan fingerprint density at radius 3 is 1.75 bits per heavy atom. The Labute approximate surface area is 132 Å². The number of carbonyl (C=O) groups excluding carboxylic acids is 1. The molecule has 0 aromatic heterocycles. The molecule has 0 fully saturated rings. The molecule has 1 atom stereocenters. The van der Waals surface area contributed by atoms with Crippen LogP contribution in [0, 0.1) is 0 Å². The highest BCUT2D eigenvalue weighted by Crippen LogP contribution is 2.54. The number of aliphatic carboxylic acids is 1. The predicted molar refractivity (Wildman–Crippen MR) is 61.2 cm³/mol. The number of carboxylic acid groups (broad SMARTS) is 1. The zero-order valence-electron chi connectivity index (χ0n) is 11.2. The first-order valence-electron chi connectivity index (χ1n) is 5.74. The Kier molecular flexibility index (Phi) is 7.01. The Bertz CT molecular complexity index is 477. The maximum absolute atomic E-state index is 13.1. The average Bonchev–Trinajstić information content (AvgIpc) is 2.40. The summed E-state index contributed by atoms with van der Waals surface area (Å²) in [5.41, 5.74) is 0. The summed E-state index contributed by atoms with van der Waals surface area (Å²) in [7, 11) is 0. The van der Waals surface area contributed by atoms with Crippen molar-refractivity contribution < 1.29 is 59.3 Å². The van der Waals surface area contributed by atoms with Crippen LogP contribution in [0.25, 0.3) is 0 Å². The second-order valence-corrected chi connectivity index (χ2v) is 5.47. The van der Waals surface area contributed by atoms with Gasteiger partial charge in [0.25, 0.3) is 0 Å². The third-order valence-electron chi connectivity index (χ3n) is 2.54. The van der Waals surface area contributed by atoms with Crippen LogP contribution in [0.15, 0.2) is 0 Å². The second-order valence-electron chi connectivity index (χ2n) is 4.39. The zero-order chi connectivity index (χ0) is 19.6. The highest BCUT2D eigenvalue weighted by molar-refractivity contribution is 8.13. The van der Waals surface area contributed by atoms with Gasteiger partial charge >= 0.3 is 29.9 Å². The molecular weight excluding hydrogens is 387 g/mol. The van der Waals surface area contributed by atoms with Crippen molar-refractivity contribution in [3.05, 3.63) is 0 Å². The van der Waals surface area contributed by atoms with E-state index in [2.05, 4.69) is 0 Å². The van der Waals surface area contributed by atoms with Crippen molar-refractivity contribution in [3.8, 4) is 0 Å². The van der Waals surface area contributed by atoms with Gasteiger partial charge in [0.2, 0.25) is 0 Å². The fourth-order valence-corrected chi connectivity index (χ4v) is 1.87. The predicted octanol–water partition coefficient (Wildman–Crippen LogP) is 2.94. The second kappa shape index (κ2) is 7.37. The van der Waals surface area contributed by atoms with Crippen LogP contribution in [-0.4, -0.2) is 57.1 Å². The molecule has 0 aromatic carbocycles. The minimum Gasteiger partial charge on any atom is -0.479 e. The van der Waals surface area contributed by atoms with E-state index in [4.69, 9.17) is 10.2 Å². The summed E-state index contributed by atoms with van der Waals surface area (Å²) in [5.74, 6) is -22.3. The fraction of sp³-hybridized carbons (Fsp3) is 0.800. The number of aliphatic hydroxyl groups excluding tert-OH is 1. The molecule has 0 aliphatic carbocycles. The normalized spacial score (nSPS) is 15.2. The Balaban J connectivity index is 4.91. The molecule has 0 saturated carbocycles. The molecule has 2 N–H and O–H groups in total. The van der Waals surface area contributed by atoms with Crippen molar-refractivity contribution in [3.63, 3.8) is 0 Å². The molecule has 142 valence electrons. The molecule has 0 aliphatic rings. The quantitative estimate of drug-likeness (QED) is 0.618. The molecule has 0 radical (unpaired) electrons. The molecule has 0 saturated heterocycles. The number of rotatable bonds is 8. The van der Waals surface area contributed by atoms with Crippen LogP contribution in [0.2, 0.25) is 0 Å². The van der Waals surface area contributed by atoms with Gasteiger partial charge in [-0.2, -0.15) is 39.5 Å². The highest BCUT2D eigenvalue weighted by atomic mass is 32.2. The van der Waals surface area contributed by atoms with Crippen LogP contribution in [-0.2, 0) is 9.59 Å². The molecule has 24 heavy (non-hydrogen) atoms. The molecule has 14 heteroatoms. The minimum atomic E-state index is -7.03. The summed E-state index contributed by atoms with van der Waals surface area (Å²) < 4.78 is 112. The van der Waals surface area contributed by atoms with Gasteiger partial charge in [0.05, 0.1) is 0 Å². The van der Waals surface area contributed by atoms with Gasteiger partial charge in [-0.15, -0.1) is 0 Å². The summed E-state index contributed by atoms with van der Waals surface area (Å²) in [6.07, 6.45) is -12.9. The maximum atomic E-state index is 13.1. The van der Waals surface area contributed by atoms with E-state index in [0.29, 0.717) is 0 Å². The molecular formula is C10H9F9O4S. The van der Waals surface area contributed by atoms with E-state index in [0.717, 1.165) is 0 Å². The van der Waals surface area contributed by atoms with Crippen molar-refractivity contribution in [2.75, 3.05) is 5.75 Å². The lowest BCUT2D eigenvalue weighted by atomic mass is 10.00. The van der Waals surface area contributed by atoms with Gasteiger partial charge in [0, 0.05) is 18.6 Å². The van der Waals surface area contributed by atoms with E-state index in [1.54, 1.807) is 0 Å². The molecule has 0 heterocycles. The molecule has 0 amide bonds. The highest BCUT2D eigenvalue weighted by Gasteiger charge is 2.81. The van der Waals surface area contributed by atoms with Crippen molar-refractivity contribution in [2.24, 2.45) is 0 Å². The third kappa shape index (κ3) is 4.91. The van der Waals surface area contributed by atoms with E-state index >= 15 is 0 Å². The third-order valence-corrected chi connectivity index (χ3v) is 3.55. The van der Waals surface area contributed by atoms with Crippen molar-refractivity contribution in [1.82, 2.24) is 0 Å². The van der Waals surface area contributed by atoms with Crippen LogP contribution in [0.1, 0.15) is 12.8 Å². The fourth-order valence-electron chi connectivity index (χ4n) is 1.14. The molecule has 0 bridgehead atoms. The number of hydrogen-bond acceptors (Lipinski definition) is 4. The van der Waals surface area contributed by atoms with Crippen LogP contribution in [0.5, 0.6) is 0 Å². The first kappa shape index (κ1) is 22.8. The number of carboxylic acids is 1. The van der Waals surface area contributed by atoms with Gasteiger partial charge in [-0.1, -0.05) is 11.8 Å². The maximum Gasteiger partial charge on any atom is 0.460 e. The molecule has 0 spiro atoms. The van der Waals surface area contributed by atoms with Gasteiger partial charge in [0.1, 0.15) is 0 Å². The summed E-state index contributed by atoms with van der Waals surface area (Å²) in [6.45, 7) is 0. The van der Waals surface area contributed by atoms with Gasteiger partial charge in [-0.05, 0) is 0 Å². The Morgan fingerprint density at radius 2 is 1.38 bits per heavy atom. The smallest absolute Gasteiger partial charge is 0.460 e. The largest absolute Gasteiger partial charge is 0.479 e. The van der Waals surface area contributed by atoms with Crippen LogP contribution in [0.4, 0.5) is 39.5 Å². The molecule has 0 rings (SSSR count). The number of aliphatic hydroxyl groups is 1. The van der Waals surface area contributed by atoms with Crippen molar-refractivity contribution in [1.29, 1.82) is 0 Å². The van der Waals surface area contributed by atoms with Gasteiger partial charge in [-0.25, -0.2) is 4.79 Å². The van der Waals surface area contributed by atoms with E-state index in [-0.39, 0.29) is 11.8 Å². The van der Waals surface area contributed by atoms with Crippen LogP contribution >= 0.6 is 11.8 Å². The number of hydrogen-bond donors (Lipinski definition) is 2. The number of alkyl halides is 9. The van der Waals surface area contributed by atoms with E-state index in [9.17, 15) is 49.1 Å². The lowest BCUT2D eigenvalue weighted by molar-refractivity contribution is -0.396. The Hall–Kier alpha value is -1.18. The number of thioether (sulfide) groups is 1. The van der Waals surface area contributed by atoms with Crippen LogP contribution in [0.3, 0.4) is 0 Å². The first-order valence-corrected chi connectivity index (χ1v) is 6.72. The summed E-state index contributed by atoms with van der Waals surface area (Å²) in [5, 5.41) is 15.6. The summed E-state index contributed by atoms with van der Waals surface area (Å²) in [6, 6.07) is 0. The summed E-state index contributed by atoms with van der Waals surface area (Å²) >= 11 is -0.0805. The number of halogens is 9. The topological polar surface area (TPSA) is 74.6 Å². The molecule has 1 unspecified atom stereocenters. The average molecular weight is 396 g/mol. The van der Waals surface area contributed by atoms with Crippen molar-refractivity contribution in [2.45, 2.75) is 42.9 Å². The standard InChI is InChI=1S/C10H9F9O4S/c11-7(12,8(13,14)9(15,16)10(17,18)19)2-1-5(21)24-3-4(20)6(22)23/h4,20H,1-3H2,(H,22,23). The first-order chi connectivity index (χ1) is 10.5. The van der Waals surface area contributed by atoms with Gasteiger partial charge < -0.3 is 10.2 Å². The lowest BCUT2D eigenvalue weighted by Gasteiger charge is -2.33. The van der Waals surface area contributed by atoms with E-state index in [1.807, 2.05) is 0 Å². The Morgan fingerprint density at radius 1 is 0.917 bits per heavy atom. The van der Waals surface area contributed by atoms with Crippen molar-refractivity contribution >= 4 is 22.8 Å². The van der Waals surface area contributed by atoms with Crippen LogP contribution < -0.4 is 0 Å². The summed E-state index contributed by atoms with van der Waals surface area (Å²) in [4.78, 5) is 21.2. The lowest BCUT2D eigenvalue weighted by Crippen LogP contribution is -2.60. The zero-order valence-corrected chi connectivity index (χ0v) is 12.0.